The van der Waals surface area contributed by atoms with Gasteiger partial charge in [-0.2, -0.15) is 13.2 Å². The van der Waals surface area contributed by atoms with Crippen molar-refractivity contribution in [2.24, 2.45) is 0 Å². The lowest BCUT2D eigenvalue weighted by Gasteiger charge is -2.22. The van der Waals surface area contributed by atoms with E-state index in [9.17, 15) is 22.8 Å². The van der Waals surface area contributed by atoms with Gasteiger partial charge in [-0.15, -0.1) is 0 Å². The van der Waals surface area contributed by atoms with Crippen LogP contribution in [0.3, 0.4) is 0 Å². The molecule has 2 aromatic rings. The van der Waals surface area contributed by atoms with Crippen LogP contribution in [-0.2, 0) is 23.9 Å². The van der Waals surface area contributed by atoms with Crippen LogP contribution in [0.2, 0.25) is 0 Å². The van der Waals surface area contributed by atoms with E-state index in [1.165, 1.54) is 11.8 Å². The summed E-state index contributed by atoms with van der Waals surface area (Å²) in [4.78, 5) is 28.6. The summed E-state index contributed by atoms with van der Waals surface area (Å²) in [5, 5.41) is 0. The number of aromatic nitrogens is 1. The van der Waals surface area contributed by atoms with Crippen molar-refractivity contribution in [3.63, 3.8) is 0 Å². The first kappa shape index (κ1) is 22.1. The number of nitrogens with zero attached hydrogens (tertiary/aromatic N) is 3. The van der Waals surface area contributed by atoms with Crippen molar-refractivity contribution in [2.45, 2.75) is 32.0 Å². The van der Waals surface area contributed by atoms with E-state index in [0.717, 1.165) is 55.6 Å². The van der Waals surface area contributed by atoms with Gasteiger partial charge in [0.05, 0.1) is 0 Å². The summed E-state index contributed by atoms with van der Waals surface area (Å²) in [6.45, 7) is 3.21. The molecule has 0 N–H and O–H groups in total. The standard InChI is InChI=1S/C22H26F3N3O2/c23-22(24,25)19-10-5-13-28(21(19)30)17-20(29)27-14-6-12-26(15-16-27)11-4-9-18-7-2-1-3-8-18/h1-3,5,7-8,10,13H,4,6,9,11-12,14-17H2. The molecular weight excluding hydrogens is 395 g/mol. The van der Waals surface area contributed by atoms with Crippen LogP contribution in [0.1, 0.15) is 24.0 Å². The zero-order chi connectivity index (χ0) is 21.6. The highest BCUT2D eigenvalue weighted by molar-refractivity contribution is 5.76. The average Bonchev–Trinajstić information content (AvgIpc) is 2.95. The van der Waals surface area contributed by atoms with Crippen molar-refractivity contribution in [1.82, 2.24) is 14.4 Å². The van der Waals surface area contributed by atoms with Gasteiger partial charge in [0, 0.05) is 25.8 Å². The number of alkyl halides is 3. The van der Waals surface area contributed by atoms with E-state index in [0.29, 0.717) is 13.1 Å². The van der Waals surface area contributed by atoms with Crippen molar-refractivity contribution in [3.8, 4) is 0 Å². The molecule has 0 radical (unpaired) electrons. The fraction of sp³-hybridized carbons (Fsp3) is 0.455. The van der Waals surface area contributed by atoms with Crippen LogP contribution in [0.25, 0.3) is 0 Å². The van der Waals surface area contributed by atoms with E-state index in [-0.39, 0.29) is 12.5 Å². The number of hydrogen-bond acceptors (Lipinski definition) is 3. The minimum atomic E-state index is -4.73. The minimum absolute atomic E-state index is 0.331. The smallest absolute Gasteiger partial charge is 0.340 e. The number of rotatable bonds is 6. The maximum absolute atomic E-state index is 12.9. The number of pyridine rings is 1. The molecule has 0 aliphatic carbocycles. The highest BCUT2D eigenvalue weighted by Gasteiger charge is 2.34. The van der Waals surface area contributed by atoms with Crippen LogP contribution in [0.15, 0.2) is 53.5 Å². The minimum Gasteiger partial charge on any atom is -0.340 e. The zero-order valence-electron chi connectivity index (χ0n) is 16.8. The molecule has 1 aromatic heterocycles. The molecule has 5 nitrogen and oxygen atoms in total. The van der Waals surface area contributed by atoms with Gasteiger partial charge in [0.25, 0.3) is 5.56 Å². The van der Waals surface area contributed by atoms with Gasteiger partial charge in [0.1, 0.15) is 12.1 Å². The Hall–Kier alpha value is -2.61. The van der Waals surface area contributed by atoms with Crippen LogP contribution >= 0.6 is 0 Å². The van der Waals surface area contributed by atoms with Crippen molar-refractivity contribution in [1.29, 1.82) is 0 Å². The molecule has 0 saturated carbocycles. The topological polar surface area (TPSA) is 45.6 Å². The second-order valence-corrected chi connectivity index (χ2v) is 7.52. The van der Waals surface area contributed by atoms with E-state index < -0.39 is 17.3 Å². The first-order valence-electron chi connectivity index (χ1n) is 10.2. The molecule has 8 heteroatoms. The summed E-state index contributed by atoms with van der Waals surface area (Å²) in [6, 6.07) is 12.2. The summed E-state index contributed by atoms with van der Waals surface area (Å²) in [5.41, 5.74) is -1.13. The second kappa shape index (κ2) is 9.93. The van der Waals surface area contributed by atoms with Crippen LogP contribution < -0.4 is 5.56 Å². The Labute approximate surface area is 173 Å². The normalized spacial score (nSPS) is 15.8. The molecule has 1 saturated heterocycles. The number of hydrogen-bond donors (Lipinski definition) is 0. The number of benzene rings is 1. The van der Waals surface area contributed by atoms with Crippen molar-refractivity contribution in [2.75, 3.05) is 32.7 Å². The molecule has 0 spiro atoms. The van der Waals surface area contributed by atoms with Crippen LogP contribution in [-0.4, -0.2) is 53.0 Å². The van der Waals surface area contributed by atoms with Gasteiger partial charge in [-0.05, 0) is 50.0 Å². The van der Waals surface area contributed by atoms with E-state index in [2.05, 4.69) is 17.0 Å². The predicted molar refractivity (Wildman–Crippen MR) is 108 cm³/mol. The molecule has 30 heavy (non-hydrogen) atoms. The van der Waals surface area contributed by atoms with Gasteiger partial charge >= 0.3 is 6.18 Å². The van der Waals surface area contributed by atoms with Crippen LogP contribution in [0.4, 0.5) is 13.2 Å². The number of aryl methyl sites for hydroxylation is 1. The zero-order valence-corrected chi connectivity index (χ0v) is 16.8. The quantitative estimate of drug-likeness (QED) is 0.720. The molecule has 162 valence electrons. The molecule has 0 atom stereocenters. The molecule has 3 rings (SSSR count). The summed E-state index contributed by atoms with van der Waals surface area (Å²) in [6.07, 6.45) is -0.681. The van der Waals surface area contributed by atoms with Gasteiger partial charge < -0.3 is 14.4 Å². The Morgan fingerprint density at radius 2 is 1.73 bits per heavy atom. The summed E-state index contributed by atoms with van der Waals surface area (Å²) in [5.74, 6) is -0.331. The number of carbonyl (C=O) groups excluding carboxylic acids is 1. The molecule has 1 fully saturated rings. The highest BCUT2D eigenvalue weighted by atomic mass is 19.4. The second-order valence-electron chi connectivity index (χ2n) is 7.52. The van der Waals surface area contributed by atoms with Crippen LogP contribution in [0.5, 0.6) is 0 Å². The number of amides is 1. The van der Waals surface area contributed by atoms with Crippen molar-refractivity contribution < 1.29 is 18.0 Å². The van der Waals surface area contributed by atoms with Gasteiger partial charge in [0.2, 0.25) is 5.91 Å². The average molecular weight is 421 g/mol. The Balaban J connectivity index is 1.52. The van der Waals surface area contributed by atoms with E-state index in [1.807, 2.05) is 18.2 Å². The lowest BCUT2D eigenvalue weighted by molar-refractivity contribution is -0.139. The third kappa shape index (κ3) is 5.95. The molecule has 2 heterocycles. The Kier molecular flexibility index (Phi) is 7.31. The fourth-order valence-electron chi connectivity index (χ4n) is 3.72. The van der Waals surface area contributed by atoms with Gasteiger partial charge in [-0.3, -0.25) is 9.59 Å². The Morgan fingerprint density at radius 1 is 0.967 bits per heavy atom. The molecule has 1 aliphatic heterocycles. The van der Waals surface area contributed by atoms with E-state index >= 15 is 0 Å². The van der Waals surface area contributed by atoms with E-state index in [1.54, 1.807) is 4.90 Å². The molecule has 1 aliphatic rings. The van der Waals surface area contributed by atoms with E-state index in [4.69, 9.17) is 0 Å². The fourth-order valence-corrected chi connectivity index (χ4v) is 3.72. The van der Waals surface area contributed by atoms with Gasteiger partial charge in [-0.1, -0.05) is 30.3 Å². The van der Waals surface area contributed by atoms with Gasteiger partial charge in [-0.25, -0.2) is 0 Å². The predicted octanol–water partition coefficient (Wildman–Crippen LogP) is 3.03. The maximum atomic E-state index is 12.9. The highest BCUT2D eigenvalue weighted by Crippen LogP contribution is 2.26. The molecule has 1 amide bonds. The monoisotopic (exact) mass is 421 g/mol. The first-order chi connectivity index (χ1) is 14.3. The number of carbonyl (C=O) groups is 1. The Bertz CT molecular complexity index is 896. The third-order valence-corrected chi connectivity index (χ3v) is 5.36. The summed E-state index contributed by atoms with van der Waals surface area (Å²) in [7, 11) is 0. The maximum Gasteiger partial charge on any atom is 0.421 e. The van der Waals surface area contributed by atoms with Crippen LogP contribution in [0, 0.1) is 0 Å². The first-order valence-corrected chi connectivity index (χ1v) is 10.2. The largest absolute Gasteiger partial charge is 0.421 e. The lowest BCUT2D eigenvalue weighted by atomic mass is 10.1. The lowest BCUT2D eigenvalue weighted by Crippen LogP contribution is -2.40. The summed E-state index contributed by atoms with van der Waals surface area (Å²) < 4.78 is 39.6. The SMILES string of the molecule is O=C(Cn1cccc(C(F)(F)F)c1=O)N1CCCN(CCCc2ccccc2)CC1. The van der Waals surface area contributed by atoms with Gasteiger partial charge in [0.15, 0.2) is 0 Å². The number of halogens is 3. The Morgan fingerprint density at radius 3 is 2.47 bits per heavy atom. The third-order valence-electron chi connectivity index (χ3n) is 5.36. The van der Waals surface area contributed by atoms with Crippen molar-refractivity contribution >= 4 is 5.91 Å². The van der Waals surface area contributed by atoms with Crippen molar-refractivity contribution in [3.05, 3.63) is 70.1 Å². The summed E-state index contributed by atoms with van der Waals surface area (Å²) >= 11 is 0. The molecular formula is C22H26F3N3O2. The molecule has 0 bridgehead atoms. The molecule has 0 unspecified atom stereocenters. The molecule has 1 aromatic carbocycles.